The molecule has 1 aliphatic rings. The third-order valence-corrected chi connectivity index (χ3v) is 3.16. The third kappa shape index (κ3) is 3.35. The van der Waals surface area contributed by atoms with Gasteiger partial charge in [0.25, 0.3) is 5.91 Å². The fraction of sp³-hybridized carbons (Fsp3) is 0.400. The number of hydrogen-bond acceptors (Lipinski definition) is 3. The number of halogens is 1. The molecule has 20 heavy (non-hydrogen) atoms. The molecule has 0 aromatic heterocycles. The molecule has 1 aliphatic heterocycles. The molecule has 1 aromatic carbocycles. The van der Waals surface area contributed by atoms with E-state index in [0.717, 1.165) is 0 Å². The van der Waals surface area contributed by atoms with Gasteiger partial charge in [-0.15, -0.1) is 0 Å². The highest BCUT2D eigenvalue weighted by Gasteiger charge is 2.32. The second kappa shape index (κ2) is 6.04. The summed E-state index contributed by atoms with van der Waals surface area (Å²) in [5.74, 6) is 3.93. The highest BCUT2D eigenvalue weighted by atomic mass is 19.1. The number of rotatable bonds is 2. The van der Waals surface area contributed by atoms with Crippen molar-refractivity contribution in [1.29, 1.82) is 0 Å². The van der Waals surface area contributed by atoms with Crippen LogP contribution in [0.2, 0.25) is 0 Å². The molecule has 0 saturated carbocycles. The molecule has 1 atom stereocenters. The van der Waals surface area contributed by atoms with Crippen molar-refractivity contribution in [3.05, 3.63) is 35.1 Å². The van der Waals surface area contributed by atoms with Crippen LogP contribution in [0.5, 0.6) is 0 Å². The standard InChI is InChI=1S/C15H16FNO3/c1-15(6-8-20-10-15)17-14(19)12-5-4-11(3-2-7-18)9-13(12)16/h4-5,9,18H,6-8,10H2,1H3,(H,17,19). The zero-order chi connectivity index (χ0) is 14.6. The van der Waals surface area contributed by atoms with Crippen molar-refractivity contribution in [3.8, 4) is 11.8 Å². The highest BCUT2D eigenvalue weighted by Crippen LogP contribution is 2.19. The van der Waals surface area contributed by atoms with E-state index in [0.29, 0.717) is 25.2 Å². The number of aliphatic hydroxyl groups is 1. The zero-order valence-corrected chi connectivity index (χ0v) is 11.2. The fourth-order valence-corrected chi connectivity index (χ4v) is 2.03. The van der Waals surface area contributed by atoms with Crippen LogP contribution >= 0.6 is 0 Å². The van der Waals surface area contributed by atoms with Crippen LogP contribution in [0, 0.1) is 17.7 Å². The van der Waals surface area contributed by atoms with E-state index in [4.69, 9.17) is 9.84 Å². The molecule has 1 unspecified atom stereocenters. The molecule has 1 fully saturated rings. The number of aliphatic hydroxyl groups excluding tert-OH is 1. The Bertz CT molecular complexity index is 568. The van der Waals surface area contributed by atoms with Gasteiger partial charge in [0.15, 0.2) is 0 Å². The van der Waals surface area contributed by atoms with Crippen LogP contribution in [0.1, 0.15) is 29.3 Å². The van der Waals surface area contributed by atoms with Gasteiger partial charge >= 0.3 is 0 Å². The van der Waals surface area contributed by atoms with Gasteiger partial charge in [0.1, 0.15) is 12.4 Å². The van der Waals surface area contributed by atoms with Gasteiger partial charge in [-0.1, -0.05) is 11.8 Å². The largest absolute Gasteiger partial charge is 0.384 e. The maximum absolute atomic E-state index is 13.9. The topological polar surface area (TPSA) is 58.6 Å². The molecular formula is C15H16FNO3. The summed E-state index contributed by atoms with van der Waals surface area (Å²) in [4.78, 5) is 12.1. The van der Waals surface area contributed by atoms with E-state index in [9.17, 15) is 9.18 Å². The molecule has 2 rings (SSSR count). The van der Waals surface area contributed by atoms with Crippen molar-refractivity contribution in [2.75, 3.05) is 19.8 Å². The van der Waals surface area contributed by atoms with Gasteiger partial charge in [0.05, 0.1) is 17.7 Å². The van der Waals surface area contributed by atoms with Crippen LogP contribution in [0.3, 0.4) is 0 Å². The number of benzene rings is 1. The number of carbonyl (C=O) groups is 1. The van der Waals surface area contributed by atoms with E-state index in [1.165, 1.54) is 12.1 Å². The van der Waals surface area contributed by atoms with Crippen LogP contribution in [0.15, 0.2) is 18.2 Å². The van der Waals surface area contributed by atoms with E-state index in [-0.39, 0.29) is 12.2 Å². The summed E-state index contributed by atoms with van der Waals surface area (Å²) in [6.07, 6.45) is 0.709. The molecule has 0 spiro atoms. The molecule has 1 amide bonds. The summed E-state index contributed by atoms with van der Waals surface area (Å²) < 4.78 is 19.1. The Balaban J connectivity index is 2.14. The van der Waals surface area contributed by atoms with Gasteiger partial charge in [-0.2, -0.15) is 0 Å². The molecule has 0 bridgehead atoms. The quantitative estimate of drug-likeness (QED) is 0.795. The molecule has 0 radical (unpaired) electrons. The monoisotopic (exact) mass is 277 g/mol. The van der Waals surface area contributed by atoms with Crippen molar-refractivity contribution < 1.29 is 19.0 Å². The summed E-state index contributed by atoms with van der Waals surface area (Å²) >= 11 is 0. The first-order valence-electron chi connectivity index (χ1n) is 6.34. The maximum atomic E-state index is 13.9. The molecule has 0 aliphatic carbocycles. The Hall–Kier alpha value is -1.90. The Morgan fingerprint density at radius 3 is 3.00 bits per heavy atom. The minimum Gasteiger partial charge on any atom is -0.384 e. The smallest absolute Gasteiger partial charge is 0.254 e. The number of carbonyl (C=O) groups excluding carboxylic acids is 1. The average Bonchev–Trinajstić information content (AvgIpc) is 2.82. The Morgan fingerprint density at radius 2 is 2.40 bits per heavy atom. The molecule has 1 saturated heterocycles. The lowest BCUT2D eigenvalue weighted by molar-refractivity contribution is 0.0886. The Morgan fingerprint density at radius 1 is 1.60 bits per heavy atom. The normalized spacial score (nSPS) is 21.1. The maximum Gasteiger partial charge on any atom is 0.254 e. The summed E-state index contributed by atoms with van der Waals surface area (Å²) in [5, 5.41) is 11.4. The first kappa shape index (κ1) is 14.5. The van der Waals surface area contributed by atoms with Gasteiger partial charge in [-0.3, -0.25) is 4.79 Å². The molecular weight excluding hydrogens is 261 g/mol. The lowest BCUT2D eigenvalue weighted by atomic mass is 10.0. The lowest BCUT2D eigenvalue weighted by Gasteiger charge is -2.23. The summed E-state index contributed by atoms with van der Waals surface area (Å²) in [7, 11) is 0. The van der Waals surface area contributed by atoms with Crippen LogP contribution < -0.4 is 5.32 Å². The van der Waals surface area contributed by atoms with E-state index >= 15 is 0 Å². The van der Waals surface area contributed by atoms with E-state index in [2.05, 4.69) is 17.2 Å². The predicted octanol–water partition coefficient (Wildman–Crippen LogP) is 1.08. The van der Waals surface area contributed by atoms with Crippen molar-refractivity contribution in [3.63, 3.8) is 0 Å². The summed E-state index contributed by atoms with van der Waals surface area (Å²) in [6.45, 7) is 2.61. The minimum atomic E-state index is -0.630. The van der Waals surface area contributed by atoms with Gasteiger partial charge in [0, 0.05) is 12.2 Å². The Labute approximate surface area is 116 Å². The van der Waals surface area contributed by atoms with Gasteiger partial charge in [0.2, 0.25) is 0 Å². The number of nitrogens with one attached hydrogen (secondary N) is 1. The first-order valence-corrected chi connectivity index (χ1v) is 6.34. The van der Waals surface area contributed by atoms with E-state index in [1.54, 1.807) is 6.07 Å². The molecule has 2 N–H and O–H groups in total. The fourth-order valence-electron chi connectivity index (χ4n) is 2.03. The van der Waals surface area contributed by atoms with Gasteiger partial charge in [-0.25, -0.2) is 4.39 Å². The van der Waals surface area contributed by atoms with Crippen molar-refractivity contribution >= 4 is 5.91 Å². The number of amides is 1. The van der Waals surface area contributed by atoms with Crippen molar-refractivity contribution in [2.45, 2.75) is 18.9 Å². The van der Waals surface area contributed by atoms with Gasteiger partial charge in [-0.05, 0) is 31.5 Å². The lowest BCUT2D eigenvalue weighted by Crippen LogP contribution is -2.46. The highest BCUT2D eigenvalue weighted by molar-refractivity contribution is 5.95. The zero-order valence-electron chi connectivity index (χ0n) is 11.2. The number of ether oxygens (including phenoxy) is 1. The summed E-state index contributed by atoms with van der Waals surface area (Å²) in [6, 6.07) is 4.13. The molecule has 1 aromatic rings. The van der Waals surface area contributed by atoms with Crippen molar-refractivity contribution in [1.82, 2.24) is 5.32 Å². The second-order valence-electron chi connectivity index (χ2n) is 4.97. The molecule has 4 nitrogen and oxygen atoms in total. The van der Waals surface area contributed by atoms with Crippen LogP contribution in [-0.2, 0) is 4.74 Å². The number of hydrogen-bond donors (Lipinski definition) is 2. The SMILES string of the molecule is CC1(NC(=O)c2ccc(C#CCO)cc2F)CCOC1. The third-order valence-electron chi connectivity index (χ3n) is 3.16. The molecule has 106 valence electrons. The van der Waals surface area contributed by atoms with Crippen LogP contribution in [-0.4, -0.2) is 36.4 Å². The molecule has 1 heterocycles. The van der Waals surface area contributed by atoms with Crippen LogP contribution in [0.25, 0.3) is 0 Å². The van der Waals surface area contributed by atoms with E-state index in [1.807, 2.05) is 6.92 Å². The minimum absolute atomic E-state index is 0.0207. The Kier molecular flexibility index (Phi) is 4.38. The summed E-state index contributed by atoms with van der Waals surface area (Å²) in [5.41, 5.74) is -0.0463. The van der Waals surface area contributed by atoms with Gasteiger partial charge < -0.3 is 15.2 Å². The first-order chi connectivity index (χ1) is 9.54. The van der Waals surface area contributed by atoms with Crippen LogP contribution in [0.4, 0.5) is 4.39 Å². The van der Waals surface area contributed by atoms with E-state index < -0.39 is 17.3 Å². The predicted molar refractivity (Wildman–Crippen MR) is 71.7 cm³/mol. The van der Waals surface area contributed by atoms with Crippen molar-refractivity contribution in [2.24, 2.45) is 0 Å². The molecule has 5 heteroatoms. The average molecular weight is 277 g/mol. The second-order valence-corrected chi connectivity index (χ2v) is 4.97.